The summed E-state index contributed by atoms with van der Waals surface area (Å²) in [6.07, 6.45) is 1.61. The first kappa shape index (κ1) is 11.1. The second kappa shape index (κ2) is 5.72. The Morgan fingerprint density at radius 3 is 2.80 bits per heavy atom. The van der Waals surface area contributed by atoms with E-state index in [1.165, 1.54) is 11.3 Å². The van der Waals surface area contributed by atoms with E-state index in [1.807, 2.05) is 0 Å². The van der Waals surface area contributed by atoms with Crippen molar-refractivity contribution in [1.82, 2.24) is 15.6 Å². The first-order valence-electron chi connectivity index (χ1n) is 4.05. The molecule has 2 N–H and O–H groups in total. The molecule has 0 atom stereocenters. The highest BCUT2D eigenvalue weighted by molar-refractivity contribution is 7.09. The van der Waals surface area contributed by atoms with E-state index in [1.54, 1.807) is 17.6 Å². The Balaban J connectivity index is 2.30. The molecule has 0 aromatic carbocycles. The van der Waals surface area contributed by atoms with E-state index in [0.717, 1.165) is 5.01 Å². The van der Waals surface area contributed by atoms with Crippen molar-refractivity contribution in [2.75, 3.05) is 6.54 Å². The van der Waals surface area contributed by atoms with Crippen LogP contribution in [0.5, 0.6) is 0 Å². The van der Waals surface area contributed by atoms with Gasteiger partial charge in [0.1, 0.15) is 11.6 Å². The number of amides is 2. The number of hydrogen-bond acceptors (Lipinski definition) is 5. The van der Waals surface area contributed by atoms with Gasteiger partial charge < -0.3 is 10.6 Å². The summed E-state index contributed by atoms with van der Waals surface area (Å²) in [6.45, 7) is 0.0416. The molecule has 15 heavy (non-hydrogen) atoms. The van der Waals surface area contributed by atoms with Crippen LogP contribution in [0.25, 0.3) is 0 Å². The molecular weight excluding hydrogens is 216 g/mol. The van der Waals surface area contributed by atoms with Crippen LogP contribution < -0.4 is 10.6 Å². The van der Waals surface area contributed by atoms with Crippen molar-refractivity contribution in [3.63, 3.8) is 0 Å². The van der Waals surface area contributed by atoms with E-state index in [2.05, 4.69) is 15.6 Å². The van der Waals surface area contributed by atoms with Crippen LogP contribution in [-0.4, -0.2) is 23.3 Å². The number of carbonyl (C=O) groups excluding carboxylic acids is 2. The predicted octanol–water partition coefficient (Wildman–Crippen LogP) is -0.601. The fourth-order valence-corrected chi connectivity index (χ4v) is 1.33. The summed E-state index contributed by atoms with van der Waals surface area (Å²) < 4.78 is 0. The fraction of sp³-hybridized carbons (Fsp3) is 0.250. The van der Waals surface area contributed by atoms with Crippen molar-refractivity contribution in [3.05, 3.63) is 16.6 Å². The lowest BCUT2D eigenvalue weighted by atomic mass is 10.5. The third-order valence-corrected chi connectivity index (χ3v) is 2.20. The SMILES string of the molecule is N#CCNC(=O)C(=O)NCc1nccs1. The average molecular weight is 224 g/mol. The Labute approximate surface area is 89.9 Å². The fourth-order valence-electron chi connectivity index (χ4n) is 0.777. The molecule has 0 saturated carbocycles. The van der Waals surface area contributed by atoms with Gasteiger partial charge >= 0.3 is 11.8 Å². The summed E-state index contributed by atoms with van der Waals surface area (Å²) >= 11 is 1.38. The predicted molar refractivity (Wildman–Crippen MR) is 52.6 cm³/mol. The van der Waals surface area contributed by atoms with Crippen LogP contribution in [0.2, 0.25) is 0 Å². The molecule has 0 aliphatic heterocycles. The van der Waals surface area contributed by atoms with E-state index < -0.39 is 11.8 Å². The number of nitrogens with zero attached hydrogens (tertiary/aromatic N) is 2. The summed E-state index contributed by atoms with van der Waals surface area (Å²) in [5, 5.41) is 15.2. The second-order valence-electron chi connectivity index (χ2n) is 2.45. The molecule has 0 unspecified atom stereocenters. The van der Waals surface area contributed by atoms with E-state index in [0.29, 0.717) is 0 Å². The number of thiazole rings is 1. The largest absolute Gasteiger partial charge is 0.341 e. The van der Waals surface area contributed by atoms with Gasteiger partial charge in [-0.3, -0.25) is 9.59 Å². The summed E-state index contributed by atoms with van der Waals surface area (Å²) in [4.78, 5) is 26.0. The van der Waals surface area contributed by atoms with Gasteiger partial charge in [0.25, 0.3) is 0 Å². The Kier molecular flexibility index (Phi) is 4.25. The molecule has 2 amide bonds. The maximum atomic E-state index is 11.1. The zero-order valence-corrected chi connectivity index (χ0v) is 8.50. The number of nitriles is 1. The summed E-state index contributed by atoms with van der Waals surface area (Å²) in [7, 11) is 0. The van der Waals surface area contributed by atoms with Crippen LogP contribution in [0, 0.1) is 11.3 Å². The average Bonchev–Trinajstić information content (AvgIpc) is 2.75. The number of carbonyl (C=O) groups is 2. The van der Waals surface area contributed by atoms with Crippen molar-refractivity contribution < 1.29 is 9.59 Å². The smallest absolute Gasteiger partial charge is 0.310 e. The lowest BCUT2D eigenvalue weighted by Crippen LogP contribution is -2.39. The molecule has 1 heterocycles. The summed E-state index contributed by atoms with van der Waals surface area (Å²) in [6, 6.07) is 1.70. The summed E-state index contributed by atoms with van der Waals surface area (Å²) in [5.74, 6) is -1.58. The lowest BCUT2D eigenvalue weighted by Gasteiger charge is -2.01. The molecule has 0 radical (unpaired) electrons. The first-order chi connectivity index (χ1) is 7.24. The molecule has 1 aromatic heterocycles. The van der Waals surface area contributed by atoms with Gasteiger partial charge in [-0.05, 0) is 0 Å². The zero-order valence-electron chi connectivity index (χ0n) is 7.69. The van der Waals surface area contributed by atoms with Gasteiger partial charge in [-0.1, -0.05) is 0 Å². The number of hydrogen-bond donors (Lipinski definition) is 2. The molecule has 0 aliphatic rings. The lowest BCUT2D eigenvalue weighted by molar-refractivity contribution is -0.139. The molecule has 7 heteroatoms. The van der Waals surface area contributed by atoms with Crippen LogP contribution in [0.4, 0.5) is 0 Å². The van der Waals surface area contributed by atoms with Crippen molar-refractivity contribution in [2.24, 2.45) is 0 Å². The van der Waals surface area contributed by atoms with E-state index in [4.69, 9.17) is 5.26 Å². The molecule has 1 aromatic rings. The van der Waals surface area contributed by atoms with E-state index in [9.17, 15) is 9.59 Å². The Morgan fingerprint density at radius 1 is 1.47 bits per heavy atom. The van der Waals surface area contributed by atoms with Gasteiger partial charge in [0.05, 0.1) is 12.6 Å². The number of aromatic nitrogens is 1. The van der Waals surface area contributed by atoms with Crippen LogP contribution in [-0.2, 0) is 16.1 Å². The van der Waals surface area contributed by atoms with Crippen molar-refractivity contribution in [2.45, 2.75) is 6.54 Å². The van der Waals surface area contributed by atoms with Crippen LogP contribution in [0.1, 0.15) is 5.01 Å². The molecule has 0 spiro atoms. The number of rotatable bonds is 3. The molecule has 1 rings (SSSR count). The van der Waals surface area contributed by atoms with Crippen LogP contribution in [0.15, 0.2) is 11.6 Å². The first-order valence-corrected chi connectivity index (χ1v) is 4.93. The van der Waals surface area contributed by atoms with Crippen LogP contribution in [0.3, 0.4) is 0 Å². The standard InChI is InChI=1S/C8H8N4O2S/c9-1-2-11-7(13)8(14)12-5-6-10-3-4-15-6/h3-4H,2,5H2,(H,11,13)(H,12,14). The highest BCUT2D eigenvalue weighted by Gasteiger charge is 2.12. The Morgan fingerprint density at radius 2 is 2.20 bits per heavy atom. The zero-order chi connectivity index (χ0) is 11.1. The molecule has 6 nitrogen and oxygen atoms in total. The van der Waals surface area contributed by atoms with Gasteiger partial charge in [0, 0.05) is 11.6 Å². The van der Waals surface area contributed by atoms with Crippen LogP contribution >= 0.6 is 11.3 Å². The molecule has 0 bridgehead atoms. The molecule has 0 aliphatic carbocycles. The number of nitrogens with one attached hydrogen (secondary N) is 2. The highest BCUT2D eigenvalue weighted by atomic mass is 32.1. The third-order valence-electron chi connectivity index (χ3n) is 1.42. The molecular formula is C8H8N4O2S. The molecule has 0 fully saturated rings. The highest BCUT2D eigenvalue weighted by Crippen LogP contribution is 2.02. The van der Waals surface area contributed by atoms with Gasteiger partial charge in [-0.25, -0.2) is 4.98 Å². The van der Waals surface area contributed by atoms with Crippen molar-refractivity contribution >= 4 is 23.2 Å². The Bertz CT molecular complexity index is 382. The molecule has 78 valence electrons. The van der Waals surface area contributed by atoms with E-state index >= 15 is 0 Å². The topological polar surface area (TPSA) is 94.9 Å². The monoisotopic (exact) mass is 224 g/mol. The van der Waals surface area contributed by atoms with Crippen molar-refractivity contribution in [1.29, 1.82) is 5.26 Å². The minimum absolute atomic E-state index is 0.177. The minimum atomic E-state index is -0.812. The minimum Gasteiger partial charge on any atom is -0.341 e. The Hall–Kier alpha value is -1.94. The van der Waals surface area contributed by atoms with Gasteiger partial charge in [0.2, 0.25) is 0 Å². The van der Waals surface area contributed by atoms with Gasteiger partial charge in [0.15, 0.2) is 0 Å². The van der Waals surface area contributed by atoms with Gasteiger partial charge in [-0.2, -0.15) is 5.26 Å². The third kappa shape index (κ3) is 3.74. The maximum absolute atomic E-state index is 11.1. The quantitative estimate of drug-likeness (QED) is 0.529. The molecule has 0 saturated heterocycles. The second-order valence-corrected chi connectivity index (χ2v) is 3.43. The van der Waals surface area contributed by atoms with E-state index in [-0.39, 0.29) is 13.1 Å². The maximum Gasteiger partial charge on any atom is 0.310 e. The van der Waals surface area contributed by atoms with Gasteiger partial charge in [-0.15, -0.1) is 11.3 Å². The summed E-state index contributed by atoms with van der Waals surface area (Å²) in [5.41, 5.74) is 0. The van der Waals surface area contributed by atoms with Crippen molar-refractivity contribution in [3.8, 4) is 6.07 Å². The normalized spacial score (nSPS) is 9.00.